The van der Waals surface area contributed by atoms with E-state index in [1.165, 1.54) is 11.8 Å². The lowest BCUT2D eigenvalue weighted by Gasteiger charge is -2.27. The number of nitrogens with two attached hydrogens (primary N) is 1. The maximum atomic E-state index is 9.05. The molecular formula is C15H14N4. The maximum absolute atomic E-state index is 9.05. The molecule has 19 heavy (non-hydrogen) atoms. The van der Waals surface area contributed by atoms with Gasteiger partial charge >= 0.3 is 0 Å². The van der Waals surface area contributed by atoms with Crippen molar-refractivity contribution in [3.05, 3.63) is 53.3 Å². The molecule has 3 N–H and O–H groups in total. The number of nitrogens with one attached hydrogen (secondary N) is 1. The summed E-state index contributed by atoms with van der Waals surface area (Å²) in [7, 11) is 0. The molecule has 0 bridgehead atoms. The Kier molecular flexibility index (Phi) is 2.81. The summed E-state index contributed by atoms with van der Waals surface area (Å²) in [5.41, 5.74) is 10.4. The fourth-order valence-electron chi connectivity index (χ4n) is 2.65. The lowest BCUT2D eigenvalue weighted by Crippen LogP contribution is -2.18. The SMILES string of the molecule is N#Cc1cncc(C2CCNc3ccccc32)c1N. The van der Waals surface area contributed by atoms with E-state index < -0.39 is 0 Å². The summed E-state index contributed by atoms with van der Waals surface area (Å²) in [6, 6.07) is 10.3. The van der Waals surface area contributed by atoms with E-state index in [2.05, 4.69) is 28.5 Å². The number of anilines is 2. The highest BCUT2D eigenvalue weighted by Gasteiger charge is 2.24. The second-order valence-electron chi connectivity index (χ2n) is 4.66. The Bertz CT molecular complexity index is 657. The van der Waals surface area contributed by atoms with Crippen LogP contribution in [0.25, 0.3) is 0 Å². The van der Waals surface area contributed by atoms with E-state index in [9.17, 15) is 0 Å². The van der Waals surface area contributed by atoms with Gasteiger partial charge in [-0.3, -0.25) is 4.98 Å². The number of nitriles is 1. The van der Waals surface area contributed by atoms with Crippen molar-refractivity contribution >= 4 is 11.4 Å². The molecule has 3 rings (SSSR count). The number of nitrogens with zero attached hydrogens (tertiary/aromatic N) is 2. The fraction of sp³-hybridized carbons (Fsp3) is 0.200. The topological polar surface area (TPSA) is 74.7 Å². The van der Waals surface area contributed by atoms with Gasteiger partial charge in [0, 0.05) is 36.1 Å². The third-order valence-electron chi connectivity index (χ3n) is 3.60. The average Bonchev–Trinajstić information content (AvgIpc) is 2.47. The van der Waals surface area contributed by atoms with Crippen molar-refractivity contribution in [3.63, 3.8) is 0 Å². The van der Waals surface area contributed by atoms with Crippen LogP contribution in [0.3, 0.4) is 0 Å². The molecule has 1 atom stereocenters. The zero-order valence-electron chi connectivity index (χ0n) is 10.4. The van der Waals surface area contributed by atoms with Gasteiger partial charge in [0.2, 0.25) is 0 Å². The van der Waals surface area contributed by atoms with E-state index in [1.807, 2.05) is 12.1 Å². The van der Waals surface area contributed by atoms with Gasteiger partial charge in [-0.25, -0.2) is 0 Å². The number of fused-ring (bicyclic) bond motifs is 1. The second kappa shape index (κ2) is 4.62. The first-order valence-electron chi connectivity index (χ1n) is 6.27. The molecule has 2 heterocycles. The second-order valence-corrected chi connectivity index (χ2v) is 4.66. The number of pyridine rings is 1. The summed E-state index contributed by atoms with van der Waals surface area (Å²) in [6.07, 6.45) is 4.26. The highest BCUT2D eigenvalue weighted by atomic mass is 14.9. The molecule has 1 aliphatic heterocycles. The molecule has 1 aromatic heterocycles. The molecule has 0 saturated carbocycles. The highest BCUT2D eigenvalue weighted by molar-refractivity contribution is 5.64. The first-order valence-corrected chi connectivity index (χ1v) is 6.27. The van der Waals surface area contributed by atoms with Crippen molar-refractivity contribution in [2.75, 3.05) is 17.6 Å². The van der Waals surface area contributed by atoms with Crippen LogP contribution in [0.15, 0.2) is 36.7 Å². The van der Waals surface area contributed by atoms with Gasteiger partial charge in [-0.05, 0) is 18.1 Å². The van der Waals surface area contributed by atoms with Gasteiger partial charge in [-0.15, -0.1) is 0 Å². The standard InChI is InChI=1S/C15H14N4/c16-7-10-8-18-9-13(15(10)17)11-5-6-19-14-4-2-1-3-12(11)14/h1-4,8-9,11,19H,5-6H2,(H2,17,18). The number of nitrogen functional groups attached to an aromatic ring is 1. The molecule has 0 spiro atoms. The maximum Gasteiger partial charge on any atom is 0.103 e. The molecule has 0 amide bonds. The van der Waals surface area contributed by atoms with Crippen molar-refractivity contribution in [3.8, 4) is 6.07 Å². The third-order valence-corrected chi connectivity index (χ3v) is 3.60. The Morgan fingerprint density at radius 3 is 2.95 bits per heavy atom. The van der Waals surface area contributed by atoms with Gasteiger partial charge in [-0.2, -0.15) is 5.26 Å². The number of benzene rings is 1. The van der Waals surface area contributed by atoms with Crippen LogP contribution in [0.5, 0.6) is 0 Å². The quantitative estimate of drug-likeness (QED) is 0.815. The molecule has 0 fully saturated rings. The number of rotatable bonds is 1. The van der Waals surface area contributed by atoms with Gasteiger partial charge < -0.3 is 11.1 Å². The third kappa shape index (κ3) is 1.89. The summed E-state index contributed by atoms with van der Waals surface area (Å²) in [5.74, 6) is 0.207. The number of hydrogen-bond donors (Lipinski definition) is 2. The highest BCUT2D eigenvalue weighted by Crippen LogP contribution is 2.38. The first kappa shape index (κ1) is 11.5. The van der Waals surface area contributed by atoms with Crippen molar-refractivity contribution in [1.82, 2.24) is 4.98 Å². The molecule has 0 saturated heterocycles. The van der Waals surface area contributed by atoms with Crippen LogP contribution >= 0.6 is 0 Å². The van der Waals surface area contributed by atoms with E-state index >= 15 is 0 Å². The Morgan fingerprint density at radius 1 is 1.26 bits per heavy atom. The largest absolute Gasteiger partial charge is 0.397 e. The molecule has 94 valence electrons. The van der Waals surface area contributed by atoms with Gasteiger partial charge in [0.15, 0.2) is 0 Å². The van der Waals surface area contributed by atoms with Crippen molar-refractivity contribution < 1.29 is 0 Å². The smallest absolute Gasteiger partial charge is 0.103 e. The van der Waals surface area contributed by atoms with Gasteiger partial charge in [0.1, 0.15) is 6.07 Å². The van der Waals surface area contributed by atoms with E-state index in [0.29, 0.717) is 11.3 Å². The summed E-state index contributed by atoms with van der Waals surface area (Å²) in [4.78, 5) is 4.14. The van der Waals surface area contributed by atoms with Crippen LogP contribution in [0.1, 0.15) is 29.0 Å². The van der Waals surface area contributed by atoms with Crippen LogP contribution < -0.4 is 11.1 Å². The predicted molar refractivity (Wildman–Crippen MR) is 74.8 cm³/mol. The van der Waals surface area contributed by atoms with Gasteiger partial charge in [0.05, 0.1) is 11.3 Å². The van der Waals surface area contributed by atoms with E-state index in [-0.39, 0.29) is 5.92 Å². The molecule has 1 aromatic carbocycles. The summed E-state index contributed by atoms with van der Waals surface area (Å²) in [5, 5.41) is 12.4. The zero-order chi connectivity index (χ0) is 13.2. The Hall–Kier alpha value is -2.54. The van der Waals surface area contributed by atoms with E-state index in [0.717, 1.165) is 24.2 Å². The lowest BCUT2D eigenvalue weighted by molar-refractivity contribution is 0.719. The first-order chi connectivity index (χ1) is 9.31. The monoisotopic (exact) mass is 250 g/mol. The van der Waals surface area contributed by atoms with Crippen molar-refractivity contribution in [1.29, 1.82) is 5.26 Å². The molecule has 0 aliphatic carbocycles. The van der Waals surface area contributed by atoms with Crippen molar-refractivity contribution in [2.24, 2.45) is 0 Å². The lowest BCUT2D eigenvalue weighted by atomic mass is 9.84. The molecular weight excluding hydrogens is 236 g/mol. The van der Waals surface area contributed by atoms with Crippen LogP contribution in [-0.4, -0.2) is 11.5 Å². The predicted octanol–water partition coefficient (Wildman–Crippen LogP) is 2.48. The minimum Gasteiger partial charge on any atom is -0.397 e. The average molecular weight is 250 g/mol. The normalized spacial score (nSPS) is 17.1. The summed E-state index contributed by atoms with van der Waals surface area (Å²) >= 11 is 0. The number of para-hydroxylation sites is 1. The van der Waals surface area contributed by atoms with Crippen molar-refractivity contribution in [2.45, 2.75) is 12.3 Å². The molecule has 2 aromatic rings. The van der Waals surface area contributed by atoms with Crippen LogP contribution in [-0.2, 0) is 0 Å². The summed E-state index contributed by atoms with van der Waals surface area (Å²) < 4.78 is 0. The molecule has 1 aliphatic rings. The van der Waals surface area contributed by atoms with Crippen LogP contribution in [0.2, 0.25) is 0 Å². The van der Waals surface area contributed by atoms with E-state index in [4.69, 9.17) is 11.0 Å². The molecule has 4 nitrogen and oxygen atoms in total. The number of aromatic nitrogens is 1. The Labute approximate surface area is 111 Å². The zero-order valence-corrected chi connectivity index (χ0v) is 10.4. The Morgan fingerprint density at radius 2 is 2.11 bits per heavy atom. The Balaban J connectivity index is 2.12. The van der Waals surface area contributed by atoms with Crippen LogP contribution in [0.4, 0.5) is 11.4 Å². The van der Waals surface area contributed by atoms with E-state index in [1.54, 1.807) is 6.20 Å². The molecule has 0 radical (unpaired) electrons. The van der Waals surface area contributed by atoms with Crippen LogP contribution in [0, 0.1) is 11.3 Å². The van der Waals surface area contributed by atoms with Gasteiger partial charge in [0.25, 0.3) is 0 Å². The molecule has 1 unspecified atom stereocenters. The minimum atomic E-state index is 0.207. The molecule has 4 heteroatoms. The fourth-order valence-corrected chi connectivity index (χ4v) is 2.65. The van der Waals surface area contributed by atoms with Gasteiger partial charge in [-0.1, -0.05) is 18.2 Å². The summed E-state index contributed by atoms with van der Waals surface area (Å²) in [6.45, 7) is 0.901. The number of hydrogen-bond acceptors (Lipinski definition) is 4. The minimum absolute atomic E-state index is 0.207.